The molecule has 1 heterocycles. The Balaban J connectivity index is 2.72. The summed E-state index contributed by atoms with van der Waals surface area (Å²) in [7, 11) is -3.49. The first-order valence-corrected chi connectivity index (χ1v) is 7.74. The maximum Gasteiger partial charge on any atom is 0.346 e. The van der Waals surface area contributed by atoms with Gasteiger partial charge in [-0.2, -0.15) is 0 Å². The van der Waals surface area contributed by atoms with Crippen LogP contribution in [0, 0.1) is 6.92 Å². The molecule has 0 saturated heterocycles. The zero-order chi connectivity index (χ0) is 13.8. The lowest BCUT2D eigenvalue weighted by Crippen LogP contribution is -2.19. The van der Waals surface area contributed by atoms with Crippen LogP contribution < -0.4 is 4.72 Å². The molecule has 6 nitrogen and oxygen atoms in total. The molecular formula is C10H15NO5S2. The van der Waals surface area contributed by atoms with E-state index in [9.17, 15) is 13.2 Å². The molecule has 18 heavy (non-hydrogen) atoms. The molecular weight excluding hydrogens is 278 g/mol. The standard InChI is InChI=1S/C10H15NO5S2/c1-3-16-4-5-18(14,15)11-8-6-7(2)9(17-8)10(12)13/h6,11H,3-5H2,1-2H3,(H,12,13). The van der Waals surface area contributed by atoms with Gasteiger partial charge in [0, 0.05) is 6.61 Å². The topological polar surface area (TPSA) is 92.7 Å². The molecule has 1 aromatic heterocycles. The van der Waals surface area contributed by atoms with Crippen LogP contribution in [0.4, 0.5) is 5.00 Å². The Kier molecular flexibility index (Phi) is 5.12. The summed E-state index contributed by atoms with van der Waals surface area (Å²) in [5.74, 6) is -1.21. The first kappa shape index (κ1) is 14.9. The van der Waals surface area contributed by atoms with Crippen LogP contribution in [0.3, 0.4) is 0 Å². The molecule has 0 atom stereocenters. The predicted molar refractivity (Wildman–Crippen MR) is 69.9 cm³/mol. The monoisotopic (exact) mass is 293 g/mol. The van der Waals surface area contributed by atoms with Crippen molar-refractivity contribution >= 4 is 32.3 Å². The highest BCUT2D eigenvalue weighted by Crippen LogP contribution is 2.27. The molecule has 0 bridgehead atoms. The maximum absolute atomic E-state index is 11.6. The Morgan fingerprint density at radius 2 is 2.22 bits per heavy atom. The predicted octanol–water partition coefficient (Wildman–Crippen LogP) is 1.53. The SMILES string of the molecule is CCOCCS(=O)(=O)Nc1cc(C)c(C(=O)O)s1. The summed E-state index contributed by atoms with van der Waals surface area (Å²) in [4.78, 5) is 11.0. The van der Waals surface area contributed by atoms with Gasteiger partial charge in [0.25, 0.3) is 0 Å². The molecule has 102 valence electrons. The maximum atomic E-state index is 11.6. The second kappa shape index (κ2) is 6.17. The lowest BCUT2D eigenvalue weighted by Gasteiger charge is -2.05. The number of anilines is 1. The van der Waals surface area contributed by atoms with Crippen molar-refractivity contribution in [2.24, 2.45) is 0 Å². The number of hydrogen-bond donors (Lipinski definition) is 2. The number of rotatable bonds is 7. The first-order chi connectivity index (χ1) is 8.35. The van der Waals surface area contributed by atoms with Crippen molar-refractivity contribution in [2.75, 3.05) is 23.7 Å². The first-order valence-electron chi connectivity index (χ1n) is 5.27. The molecule has 0 unspecified atom stereocenters. The lowest BCUT2D eigenvalue weighted by atomic mass is 10.3. The highest BCUT2D eigenvalue weighted by molar-refractivity contribution is 7.92. The van der Waals surface area contributed by atoms with E-state index in [0.717, 1.165) is 11.3 Å². The second-order valence-electron chi connectivity index (χ2n) is 3.55. The third kappa shape index (κ3) is 4.28. The summed E-state index contributed by atoms with van der Waals surface area (Å²) < 4.78 is 30.6. The van der Waals surface area contributed by atoms with Crippen LogP contribution in [0.1, 0.15) is 22.2 Å². The Morgan fingerprint density at radius 1 is 1.56 bits per heavy atom. The fraction of sp³-hybridized carbons (Fsp3) is 0.500. The molecule has 0 aliphatic rings. The molecule has 0 spiro atoms. The summed E-state index contributed by atoms with van der Waals surface area (Å²) in [6.45, 7) is 3.97. The zero-order valence-electron chi connectivity index (χ0n) is 10.1. The molecule has 0 radical (unpaired) electrons. The molecule has 1 aromatic rings. The number of carboxylic acid groups (broad SMARTS) is 1. The van der Waals surface area contributed by atoms with Crippen LogP contribution in [-0.2, 0) is 14.8 Å². The van der Waals surface area contributed by atoms with Crippen molar-refractivity contribution in [3.05, 3.63) is 16.5 Å². The average Bonchev–Trinajstić information content (AvgIpc) is 2.58. The largest absolute Gasteiger partial charge is 0.477 e. The van der Waals surface area contributed by atoms with Gasteiger partial charge in [0.15, 0.2) is 0 Å². The number of ether oxygens (including phenoxy) is 1. The summed E-state index contributed by atoms with van der Waals surface area (Å²) in [5, 5.41) is 9.17. The zero-order valence-corrected chi connectivity index (χ0v) is 11.7. The Morgan fingerprint density at radius 3 is 2.72 bits per heavy atom. The van der Waals surface area contributed by atoms with Crippen LogP contribution in [0.15, 0.2) is 6.07 Å². The van der Waals surface area contributed by atoms with E-state index in [2.05, 4.69) is 4.72 Å². The van der Waals surface area contributed by atoms with Crippen LogP contribution in [0.2, 0.25) is 0 Å². The molecule has 0 amide bonds. The smallest absolute Gasteiger partial charge is 0.346 e. The Bertz CT molecular complexity index is 520. The van der Waals surface area contributed by atoms with Gasteiger partial charge in [-0.15, -0.1) is 11.3 Å². The van der Waals surface area contributed by atoms with Crippen molar-refractivity contribution in [3.63, 3.8) is 0 Å². The summed E-state index contributed by atoms with van der Waals surface area (Å²) >= 11 is 0.903. The van der Waals surface area contributed by atoms with E-state index in [4.69, 9.17) is 9.84 Å². The number of hydrogen-bond acceptors (Lipinski definition) is 5. The average molecular weight is 293 g/mol. The molecule has 0 saturated carbocycles. The summed E-state index contributed by atoms with van der Waals surface area (Å²) in [5.41, 5.74) is 0.537. The van der Waals surface area contributed by atoms with Crippen LogP contribution in [0.5, 0.6) is 0 Å². The Labute approximate surface area is 110 Å². The minimum atomic E-state index is -3.49. The van der Waals surface area contributed by atoms with Crippen molar-refractivity contribution in [2.45, 2.75) is 13.8 Å². The van der Waals surface area contributed by atoms with Crippen LogP contribution in [0.25, 0.3) is 0 Å². The molecule has 0 aliphatic heterocycles. The molecule has 0 fully saturated rings. The summed E-state index contributed by atoms with van der Waals surface area (Å²) in [6.07, 6.45) is 0. The van der Waals surface area contributed by atoms with Gasteiger partial charge in [0.1, 0.15) is 9.88 Å². The lowest BCUT2D eigenvalue weighted by molar-refractivity contribution is 0.0701. The van der Waals surface area contributed by atoms with E-state index in [1.165, 1.54) is 6.07 Å². The second-order valence-corrected chi connectivity index (χ2v) is 6.44. The number of nitrogens with one attached hydrogen (secondary N) is 1. The van der Waals surface area contributed by atoms with Crippen molar-refractivity contribution in [1.82, 2.24) is 0 Å². The number of aryl methyl sites for hydroxylation is 1. The van der Waals surface area contributed by atoms with E-state index in [0.29, 0.717) is 17.2 Å². The number of aromatic carboxylic acids is 1. The van der Waals surface area contributed by atoms with Gasteiger partial charge in [-0.05, 0) is 25.5 Å². The quantitative estimate of drug-likeness (QED) is 0.744. The molecule has 8 heteroatoms. The van der Waals surface area contributed by atoms with Gasteiger partial charge in [-0.25, -0.2) is 13.2 Å². The highest BCUT2D eigenvalue weighted by Gasteiger charge is 2.16. The van der Waals surface area contributed by atoms with Crippen LogP contribution >= 0.6 is 11.3 Å². The van der Waals surface area contributed by atoms with Gasteiger partial charge < -0.3 is 9.84 Å². The van der Waals surface area contributed by atoms with E-state index in [1.807, 2.05) is 0 Å². The van der Waals surface area contributed by atoms with Crippen molar-refractivity contribution in [1.29, 1.82) is 0 Å². The van der Waals surface area contributed by atoms with E-state index < -0.39 is 16.0 Å². The molecule has 1 rings (SSSR count). The minimum Gasteiger partial charge on any atom is -0.477 e. The third-order valence-corrected chi connectivity index (χ3v) is 4.57. The van der Waals surface area contributed by atoms with Crippen molar-refractivity contribution < 1.29 is 23.1 Å². The van der Waals surface area contributed by atoms with E-state index in [1.54, 1.807) is 13.8 Å². The summed E-state index contributed by atoms with van der Waals surface area (Å²) in [6, 6.07) is 1.51. The van der Waals surface area contributed by atoms with Gasteiger partial charge in [-0.3, -0.25) is 4.72 Å². The van der Waals surface area contributed by atoms with Crippen molar-refractivity contribution in [3.8, 4) is 0 Å². The number of carbonyl (C=O) groups is 1. The fourth-order valence-corrected chi connectivity index (χ4v) is 3.38. The minimum absolute atomic E-state index is 0.113. The Hall–Kier alpha value is -1.12. The van der Waals surface area contributed by atoms with Gasteiger partial charge in [-0.1, -0.05) is 0 Å². The van der Waals surface area contributed by atoms with E-state index in [-0.39, 0.29) is 17.2 Å². The molecule has 0 aliphatic carbocycles. The number of sulfonamides is 1. The third-order valence-electron chi connectivity index (χ3n) is 2.07. The van der Waals surface area contributed by atoms with Gasteiger partial charge >= 0.3 is 5.97 Å². The molecule has 2 N–H and O–H groups in total. The van der Waals surface area contributed by atoms with Gasteiger partial charge in [0.05, 0.1) is 12.4 Å². The molecule has 0 aromatic carbocycles. The number of thiophene rings is 1. The number of carboxylic acids is 1. The van der Waals surface area contributed by atoms with Gasteiger partial charge in [0.2, 0.25) is 10.0 Å². The van der Waals surface area contributed by atoms with Crippen LogP contribution in [-0.4, -0.2) is 38.5 Å². The van der Waals surface area contributed by atoms with E-state index >= 15 is 0 Å². The fourth-order valence-electron chi connectivity index (χ4n) is 1.26. The normalized spacial score (nSPS) is 11.4. The highest BCUT2D eigenvalue weighted by atomic mass is 32.2.